The van der Waals surface area contributed by atoms with Crippen molar-refractivity contribution in [1.29, 1.82) is 0 Å². The Kier molecular flexibility index (Phi) is 8.11. The average Bonchev–Trinajstić information content (AvgIpc) is 2.44. The van der Waals surface area contributed by atoms with Crippen molar-refractivity contribution in [3.05, 3.63) is 34.9 Å². The van der Waals surface area contributed by atoms with Crippen LogP contribution in [0.2, 0.25) is 0 Å². The quantitative estimate of drug-likeness (QED) is 0.488. The first kappa shape index (κ1) is 16.8. The van der Waals surface area contributed by atoms with E-state index in [0.29, 0.717) is 32.0 Å². The first-order valence-electron chi connectivity index (χ1n) is 6.90. The van der Waals surface area contributed by atoms with Crippen LogP contribution in [0, 0.1) is 13.8 Å². The third kappa shape index (κ3) is 6.28. The van der Waals surface area contributed by atoms with Crippen LogP contribution in [-0.2, 0) is 14.2 Å². The Morgan fingerprint density at radius 3 is 2.45 bits per heavy atom. The molecule has 0 atom stereocenters. The summed E-state index contributed by atoms with van der Waals surface area (Å²) in [6.07, 6.45) is 0.782. The molecule has 0 radical (unpaired) electrons. The van der Waals surface area contributed by atoms with Crippen molar-refractivity contribution in [2.24, 2.45) is 0 Å². The number of methoxy groups -OCH3 is 1. The predicted octanol–water partition coefficient (Wildman–Crippen LogP) is 2.56. The summed E-state index contributed by atoms with van der Waals surface area (Å²) in [5.74, 6) is 0.0217. The van der Waals surface area contributed by atoms with Crippen molar-refractivity contribution >= 4 is 5.78 Å². The molecule has 4 nitrogen and oxygen atoms in total. The smallest absolute Gasteiger partial charge is 0.188 e. The molecule has 0 unspecified atom stereocenters. The lowest BCUT2D eigenvalue weighted by molar-refractivity contribution is 0.0488. The van der Waals surface area contributed by atoms with E-state index < -0.39 is 0 Å². The van der Waals surface area contributed by atoms with Crippen molar-refractivity contribution in [1.82, 2.24) is 0 Å². The molecule has 4 heteroatoms. The van der Waals surface area contributed by atoms with E-state index in [1.54, 1.807) is 7.11 Å². The van der Waals surface area contributed by atoms with Crippen LogP contribution in [0.5, 0.6) is 0 Å². The lowest BCUT2D eigenvalue weighted by Crippen LogP contribution is -2.12. The Morgan fingerprint density at radius 1 is 1.00 bits per heavy atom. The van der Waals surface area contributed by atoms with Crippen LogP contribution in [0.25, 0.3) is 0 Å². The topological polar surface area (TPSA) is 44.8 Å². The van der Waals surface area contributed by atoms with E-state index in [4.69, 9.17) is 14.2 Å². The Bertz CT molecular complexity index is 415. The van der Waals surface area contributed by atoms with Gasteiger partial charge in [0.2, 0.25) is 0 Å². The first-order chi connectivity index (χ1) is 9.65. The average molecular weight is 280 g/mol. The number of ether oxygens (including phenoxy) is 3. The largest absolute Gasteiger partial charge is 0.382 e. The SMILES string of the molecule is COCCOCCCOCC(=O)c1ccc(C)c(C)c1. The zero-order valence-electron chi connectivity index (χ0n) is 12.6. The molecule has 1 aromatic rings. The second kappa shape index (κ2) is 9.64. The molecule has 0 bridgehead atoms. The number of benzene rings is 1. The van der Waals surface area contributed by atoms with Gasteiger partial charge in [0.1, 0.15) is 6.61 Å². The number of aryl methyl sites for hydroxylation is 2. The van der Waals surface area contributed by atoms with Gasteiger partial charge in [-0.2, -0.15) is 0 Å². The molecule has 0 amide bonds. The first-order valence-corrected chi connectivity index (χ1v) is 6.90. The van der Waals surface area contributed by atoms with Crippen molar-refractivity contribution in [2.75, 3.05) is 40.1 Å². The number of hydrogen-bond donors (Lipinski definition) is 0. The molecule has 0 spiro atoms. The Labute approximate surface area is 121 Å². The molecule has 0 N–H and O–H groups in total. The molecule has 0 aliphatic heterocycles. The van der Waals surface area contributed by atoms with Gasteiger partial charge in [-0.1, -0.05) is 12.1 Å². The highest BCUT2D eigenvalue weighted by Crippen LogP contribution is 2.10. The van der Waals surface area contributed by atoms with E-state index in [9.17, 15) is 4.79 Å². The van der Waals surface area contributed by atoms with Gasteiger partial charge in [-0.15, -0.1) is 0 Å². The lowest BCUT2D eigenvalue weighted by Gasteiger charge is -2.06. The van der Waals surface area contributed by atoms with Crippen molar-refractivity contribution in [2.45, 2.75) is 20.3 Å². The van der Waals surface area contributed by atoms with Crippen LogP contribution in [0.15, 0.2) is 18.2 Å². The Hall–Kier alpha value is -1.23. The summed E-state index contributed by atoms with van der Waals surface area (Å²) < 4.78 is 15.5. The molecule has 0 saturated heterocycles. The maximum Gasteiger partial charge on any atom is 0.188 e. The minimum atomic E-state index is 0.0217. The fourth-order valence-corrected chi connectivity index (χ4v) is 1.67. The Balaban J connectivity index is 2.15. The van der Waals surface area contributed by atoms with E-state index in [0.717, 1.165) is 12.0 Å². The van der Waals surface area contributed by atoms with Gasteiger partial charge in [0.15, 0.2) is 5.78 Å². The second-order valence-corrected chi connectivity index (χ2v) is 4.73. The van der Waals surface area contributed by atoms with Crippen molar-refractivity contribution < 1.29 is 19.0 Å². The highest BCUT2D eigenvalue weighted by atomic mass is 16.5. The number of carbonyl (C=O) groups excluding carboxylic acids is 1. The summed E-state index contributed by atoms with van der Waals surface area (Å²) >= 11 is 0. The van der Waals surface area contributed by atoms with Crippen LogP contribution < -0.4 is 0 Å². The number of Topliss-reactive ketones (excluding diaryl/α,β-unsaturated/α-hetero) is 1. The fraction of sp³-hybridized carbons (Fsp3) is 0.562. The van der Waals surface area contributed by atoms with E-state index in [1.165, 1.54) is 5.56 Å². The monoisotopic (exact) mass is 280 g/mol. The summed E-state index contributed by atoms with van der Waals surface area (Å²) in [6.45, 7) is 6.52. The molecule has 0 aromatic heterocycles. The summed E-state index contributed by atoms with van der Waals surface area (Å²) in [5, 5.41) is 0. The molecule has 0 aliphatic carbocycles. The highest BCUT2D eigenvalue weighted by Gasteiger charge is 2.06. The minimum absolute atomic E-state index is 0.0217. The number of hydrogen-bond acceptors (Lipinski definition) is 4. The second-order valence-electron chi connectivity index (χ2n) is 4.73. The van der Waals surface area contributed by atoms with E-state index >= 15 is 0 Å². The maximum atomic E-state index is 11.9. The molecule has 0 saturated carbocycles. The zero-order chi connectivity index (χ0) is 14.8. The summed E-state index contributed by atoms with van der Waals surface area (Å²) in [7, 11) is 1.64. The molecule has 0 fully saturated rings. The van der Waals surface area contributed by atoms with Crippen LogP contribution in [0.3, 0.4) is 0 Å². The number of carbonyl (C=O) groups is 1. The zero-order valence-corrected chi connectivity index (χ0v) is 12.6. The number of ketones is 1. The molecule has 20 heavy (non-hydrogen) atoms. The van der Waals surface area contributed by atoms with Gasteiger partial charge in [0.25, 0.3) is 0 Å². The van der Waals surface area contributed by atoms with Crippen molar-refractivity contribution in [3.63, 3.8) is 0 Å². The third-order valence-corrected chi connectivity index (χ3v) is 3.07. The van der Waals surface area contributed by atoms with Gasteiger partial charge < -0.3 is 14.2 Å². The molecule has 1 rings (SSSR count). The van der Waals surface area contributed by atoms with Gasteiger partial charge in [-0.05, 0) is 37.5 Å². The predicted molar refractivity (Wildman–Crippen MR) is 78.4 cm³/mol. The summed E-state index contributed by atoms with van der Waals surface area (Å²) in [5.41, 5.74) is 3.03. The fourth-order valence-electron chi connectivity index (χ4n) is 1.67. The normalized spacial score (nSPS) is 10.8. The summed E-state index contributed by atoms with van der Waals surface area (Å²) in [6, 6.07) is 5.73. The van der Waals surface area contributed by atoms with Crippen LogP contribution in [-0.4, -0.2) is 45.9 Å². The molecular weight excluding hydrogens is 256 g/mol. The standard InChI is InChI=1S/C16H24O4/c1-13-5-6-15(11-14(13)2)16(17)12-20-8-4-7-19-10-9-18-3/h5-6,11H,4,7-10,12H2,1-3H3. The molecule has 0 aliphatic rings. The van der Waals surface area contributed by atoms with E-state index in [-0.39, 0.29) is 12.4 Å². The van der Waals surface area contributed by atoms with Gasteiger partial charge >= 0.3 is 0 Å². The summed E-state index contributed by atoms with van der Waals surface area (Å²) in [4.78, 5) is 11.9. The van der Waals surface area contributed by atoms with E-state index in [2.05, 4.69) is 0 Å². The lowest BCUT2D eigenvalue weighted by atomic mass is 10.0. The molecule has 112 valence electrons. The van der Waals surface area contributed by atoms with Gasteiger partial charge in [-0.3, -0.25) is 4.79 Å². The maximum absolute atomic E-state index is 11.9. The molecule has 0 heterocycles. The number of rotatable bonds is 10. The van der Waals surface area contributed by atoms with Crippen molar-refractivity contribution in [3.8, 4) is 0 Å². The van der Waals surface area contributed by atoms with Crippen LogP contribution in [0.1, 0.15) is 27.9 Å². The third-order valence-electron chi connectivity index (χ3n) is 3.07. The van der Waals surface area contributed by atoms with Gasteiger partial charge in [-0.25, -0.2) is 0 Å². The van der Waals surface area contributed by atoms with Gasteiger partial charge in [0, 0.05) is 25.9 Å². The highest BCUT2D eigenvalue weighted by molar-refractivity contribution is 5.97. The van der Waals surface area contributed by atoms with Crippen LogP contribution in [0.4, 0.5) is 0 Å². The molecule has 1 aromatic carbocycles. The minimum Gasteiger partial charge on any atom is -0.382 e. The Morgan fingerprint density at radius 2 is 1.75 bits per heavy atom. The molecular formula is C16H24O4. The van der Waals surface area contributed by atoms with Crippen LogP contribution >= 0.6 is 0 Å². The van der Waals surface area contributed by atoms with Gasteiger partial charge in [0.05, 0.1) is 13.2 Å². The van der Waals surface area contributed by atoms with E-state index in [1.807, 2.05) is 32.0 Å².